The molecule has 0 aliphatic carbocycles. The number of nitrogens with zero attached hydrogens (tertiary/aromatic N) is 2. The molecule has 1 aliphatic heterocycles. The van der Waals surface area contributed by atoms with E-state index in [0.29, 0.717) is 16.3 Å². The van der Waals surface area contributed by atoms with Crippen LogP contribution in [-0.2, 0) is 4.79 Å². The summed E-state index contributed by atoms with van der Waals surface area (Å²) < 4.78 is 7.05. The number of anilines is 1. The Balaban J connectivity index is 1.67. The van der Waals surface area contributed by atoms with Gasteiger partial charge < -0.3 is 15.0 Å². The molecule has 0 bridgehead atoms. The highest BCUT2D eigenvalue weighted by atomic mass is 35.5. The molecule has 36 heavy (non-hydrogen) atoms. The molecule has 2 N–H and O–H groups in total. The largest absolute Gasteiger partial charge is 0.497 e. The van der Waals surface area contributed by atoms with E-state index < -0.39 is 12.1 Å². The Morgan fingerprint density at radius 2 is 1.67 bits per heavy atom. The average Bonchev–Trinajstić information content (AvgIpc) is 3.20. The van der Waals surface area contributed by atoms with E-state index in [9.17, 15) is 9.59 Å². The van der Waals surface area contributed by atoms with Crippen molar-refractivity contribution in [2.75, 3.05) is 25.1 Å². The summed E-state index contributed by atoms with van der Waals surface area (Å²) in [6, 6.07) is 20.9. The van der Waals surface area contributed by atoms with Gasteiger partial charge >= 0.3 is 5.91 Å². The van der Waals surface area contributed by atoms with Gasteiger partial charge in [0.2, 0.25) is 12.3 Å². The summed E-state index contributed by atoms with van der Waals surface area (Å²) in [5.74, 6) is 0.0604. The Kier molecular flexibility index (Phi) is 7.90. The van der Waals surface area contributed by atoms with Crippen LogP contribution in [0.25, 0.3) is 0 Å². The second-order valence-electron chi connectivity index (χ2n) is 8.45. The van der Waals surface area contributed by atoms with E-state index in [4.69, 9.17) is 16.3 Å². The fraction of sp³-hybridized carbons (Fsp3) is 0.250. The van der Waals surface area contributed by atoms with E-state index in [0.717, 1.165) is 29.9 Å². The number of rotatable bonds is 8. The van der Waals surface area contributed by atoms with Crippen molar-refractivity contribution in [1.82, 2.24) is 10.7 Å². The van der Waals surface area contributed by atoms with Crippen LogP contribution < -0.4 is 20.4 Å². The third-order valence-corrected chi connectivity index (χ3v) is 6.55. The van der Waals surface area contributed by atoms with E-state index in [2.05, 4.69) is 41.6 Å². The van der Waals surface area contributed by atoms with Crippen LogP contribution in [0.4, 0.5) is 5.69 Å². The van der Waals surface area contributed by atoms with Crippen molar-refractivity contribution in [3.8, 4) is 5.75 Å². The van der Waals surface area contributed by atoms with Crippen LogP contribution in [0.2, 0.25) is 5.02 Å². The van der Waals surface area contributed by atoms with Gasteiger partial charge in [0.05, 0.1) is 7.11 Å². The number of nitrogens with one attached hydrogen (secondary N) is 2. The third-order valence-electron chi connectivity index (χ3n) is 6.30. The Hall–Kier alpha value is -3.84. The first kappa shape index (κ1) is 25.3. The summed E-state index contributed by atoms with van der Waals surface area (Å²) in [6.07, 6.45) is 1.88. The van der Waals surface area contributed by atoms with Gasteiger partial charge in [0.15, 0.2) is 6.04 Å². The SMILES string of the molecule is CCN(CC)c1ccc(/C=[N+]2\NC(=O)[C@@H](NC(=O)c3ccc(Cl)cc3)[C@H]2c2ccc(OC)cc2)cc1. The highest BCUT2D eigenvalue weighted by molar-refractivity contribution is 6.30. The number of ether oxygens (including phenoxy) is 1. The van der Waals surface area contributed by atoms with Gasteiger partial charge in [0, 0.05) is 40.5 Å². The molecule has 186 valence electrons. The monoisotopic (exact) mass is 505 g/mol. The van der Waals surface area contributed by atoms with E-state index in [1.165, 1.54) is 0 Å². The number of hydrogen-bond acceptors (Lipinski definition) is 4. The number of carbonyl (C=O) groups excluding carboxylic acids is 2. The highest BCUT2D eigenvalue weighted by Gasteiger charge is 2.47. The van der Waals surface area contributed by atoms with Gasteiger partial charge in [0.1, 0.15) is 5.75 Å². The minimum atomic E-state index is -0.812. The number of hydrazine groups is 1. The summed E-state index contributed by atoms with van der Waals surface area (Å²) in [5.41, 5.74) is 6.26. The van der Waals surface area contributed by atoms with Crippen LogP contribution in [0.5, 0.6) is 5.75 Å². The van der Waals surface area contributed by atoms with Gasteiger partial charge in [-0.25, -0.2) is 0 Å². The molecular weight excluding hydrogens is 476 g/mol. The van der Waals surface area contributed by atoms with Crippen molar-refractivity contribution >= 4 is 35.3 Å². The first-order valence-electron chi connectivity index (χ1n) is 11.9. The van der Waals surface area contributed by atoms with Crippen LogP contribution in [0.3, 0.4) is 0 Å². The molecule has 1 saturated heterocycles. The fourth-order valence-corrected chi connectivity index (χ4v) is 4.45. The fourth-order valence-electron chi connectivity index (χ4n) is 4.33. The van der Waals surface area contributed by atoms with Crippen molar-refractivity contribution in [2.45, 2.75) is 25.9 Å². The number of hydrogen-bond donors (Lipinski definition) is 2. The zero-order valence-corrected chi connectivity index (χ0v) is 21.3. The van der Waals surface area contributed by atoms with Crippen LogP contribution in [0.1, 0.15) is 41.4 Å². The second-order valence-corrected chi connectivity index (χ2v) is 8.89. The zero-order valence-electron chi connectivity index (χ0n) is 20.6. The minimum absolute atomic E-state index is 0.297. The van der Waals surface area contributed by atoms with E-state index in [1.807, 2.05) is 42.6 Å². The second kappa shape index (κ2) is 11.3. The lowest BCUT2D eigenvalue weighted by Crippen LogP contribution is -2.42. The summed E-state index contributed by atoms with van der Waals surface area (Å²) in [6.45, 7) is 6.11. The Bertz CT molecular complexity index is 1240. The van der Waals surface area contributed by atoms with Crippen LogP contribution in [0, 0.1) is 0 Å². The predicted molar refractivity (Wildman–Crippen MR) is 142 cm³/mol. The van der Waals surface area contributed by atoms with Crippen molar-refractivity contribution in [3.63, 3.8) is 0 Å². The predicted octanol–water partition coefficient (Wildman–Crippen LogP) is 4.21. The maximum absolute atomic E-state index is 13.1. The third kappa shape index (κ3) is 5.52. The molecule has 1 fully saturated rings. The first-order chi connectivity index (χ1) is 17.4. The van der Waals surface area contributed by atoms with Gasteiger partial charge in [-0.05, 0) is 86.6 Å². The summed E-state index contributed by atoms with van der Waals surface area (Å²) in [7, 11) is 1.60. The molecule has 2 amide bonds. The lowest BCUT2D eigenvalue weighted by Gasteiger charge is -2.20. The van der Waals surface area contributed by atoms with Crippen molar-refractivity contribution in [1.29, 1.82) is 0 Å². The van der Waals surface area contributed by atoms with Gasteiger partial charge in [0.25, 0.3) is 5.91 Å². The topological polar surface area (TPSA) is 73.7 Å². The summed E-state index contributed by atoms with van der Waals surface area (Å²) in [5, 5.41) is 3.44. The normalized spacial score (nSPS) is 18.1. The highest BCUT2D eigenvalue weighted by Crippen LogP contribution is 2.27. The number of halogens is 1. The van der Waals surface area contributed by atoms with E-state index in [1.54, 1.807) is 36.1 Å². The quantitative estimate of drug-likeness (QED) is 0.450. The molecule has 7 nitrogen and oxygen atoms in total. The van der Waals surface area contributed by atoms with Gasteiger partial charge in [-0.3, -0.25) is 9.59 Å². The molecule has 3 aromatic rings. The van der Waals surface area contributed by atoms with Crippen molar-refractivity contribution in [2.24, 2.45) is 0 Å². The molecule has 0 saturated carbocycles. The lowest BCUT2D eigenvalue weighted by atomic mass is 9.99. The molecular formula is C28H30ClN4O3+. The number of carbonyl (C=O) groups is 2. The van der Waals surface area contributed by atoms with Gasteiger partial charge in [-0.15, -0.1) is 10.1 Å². The zero-order chi connectivity index (χ0) is 25.7. The molecule has 0 radical (unpaired) electrons. The minimum Gasteiger partial charge on any atom is -0.497 e. The van der Waals surface area contributed by atoms with E-state index in [-0.39, 0.29) is 11.8 Å². The molecule has 3 aromatic carbocycles. The van der Waals surface area contributed by atoms with E-state index >= 15 is 0 Å². The van der Waals surface area contributed by atoms with Crippen molar-refractivity contribution in [3.05, 3.63) is 94.5 Å². The standard InChI is InChI=1S/C28H29ClN4O3/c1-4-32(5-2)23-14-6-19(7-15-23)18-33-26(20-10-16-24(36-3)17-11-20)25(28(35)31-33)30-27(34)21-8-12-22(29)13-9-21/h6-18,25-26H,4-5H2,1-3H3,(H-,30,31,34,35)/p+1/t25-,26+/m0/s1. The molecule has 2 atom stereocenters. The Morgan fingerprint density at radius 3 is 2.25 bits per heavy atom. The number of amides is 2. The molecule has 4 rings (SSSR count). The maximum atomic E-state index is 13.1. The summed E-state index contributed by atoms with van der Waals surface area (Å²) in [4.78, 5) is 28.3. The van der Waals surface area contributed by atoms with Gasteiger partial charge in [-0.2, -0.15) is 0 Å². The Labute approximate surface area is 216 Å². The number of hydrazone groups is 1. The number of benzene rings is 3. The average molecular weight is 506 g/mol. The maximum Gasteiger partial charge on any atom is 0.304 e. The van der Waals surface area contributed by atoms with Crippen molar-refractivity contribution < 1.29 is 19.0 Å². The van der Waals surface area contributed by atoms with Crippen LogP contribution in [-0.4, -0.2) is 49.0 Å². The molecule has 0 unspecified atom stereocenters. The van der Waals surface area contributed by atoms with Gasteiger partial charge in [-0.1, -0.05) is 11.6 Å². The van der Waals surface area contributed by atoms with Crippen LogP contribution >= 0.6 is 11.6 Å². The first-order valence-corrected chi connectivity index (χ1v) is 12.3. The lowest BCUT2D eigenvalue weighted by molar-refractivity contribution is -0.596. The van der Waals surface area contributed by atoms with Crippen LogP contribution in [0.15, 0.2) is 72.8 Å². The molecule has 1 heterocycles. The molecule has 8 heteroatoms. The molecule has 0 spiro atoms. The molecule has 0 aromatic heterocycles. The Morgan fingerprint density at radius 1 is 1.03 bits per heavy atom. The number of methoxy groups -OCH3 is 1. The summed E-state index contributed by atoms with van der Waals surface area (Å²) >= 11 is 5.96. The molecule has 1 aliphatic rings. The smallest absolute Gasteiger partial charge is 0.304 e.